The smallest absolute Gasteiger partial charge is 0.107 e. The Kier molecular flexibility index (Phi) is 2.66. The summed E-state index contributed by atoms with van der Waals surface area (Å²) in [4.78, 5) is 0. The predicted molar refractivity (Wildman–Crippen MR) is 40.5 cm³/mol. The number of halogens is 1. The van der Waals surface area contributed by atoms with E-state index in [-0.39, 0.29) is 5.92 Å². The molecule has 0 aromatic rings. The van der Waals surface area contributed by atoms with Crippen LogP contribution in [0.1, 0.15) is 26.2 Å². The molecule has 2 N–H and O–H groups in total. The molecule has 1 aliphatic carbocycles. The van der Waals surface area contributed by atoms with Crippen LogP contribution in [-0.2, 0) is 0 Å². The lowest BCUT2D eigenvalue weighted by Crippen LogP contribution is -2.32. The van der Waals surface area contributed by atoms with Crippen molar-refractivity contribution in [2.75, 3.05) is 6.54 Å². The SMILES string of the molecule is CC(CN)C(F)C1CCC1. The minimum Gasteiger partial charge on any atom is -0.330 e. The van der Waals surface area contributed by atoms with E-state index in [4.69, 9.17) is 5.73 Å². The topological polar surface area (TPSA) is 26.0 Å². The van der Waals surface area contributed by atoms with Crippen molar-refractivity contribution in [2.24, 2.45) is 17.6 Å². The Hall–Kier alpha value is -0.110. The molecule has 0 radical (unpaired) electrons. The highest BCUT2D eigenvalue weighted by atomic mass is 19.1. The van der Waals surface area contributed by atoms with Crippen LogP contribution in [0.4, 0.5) is 4.39 Å². The molecule has 0 saturated heterocycles. The van der Waals surface area contributed by atoms with Crippen molar-refractivity contribution in [1.82, 2.24) is 0 Å². The van der Waals surface area contributed by atoms with Gasteiger partial charge in [-0.1, -0.05) is 13.3 Å². The summed E-state index contributed by atoms with van der Waals surface area (Å²) in [6.45, 7) is 2.38. The summed E-state index contributed by atoms with van der Waals surface area (Å²) in [6.07, 6.45) is 2.72. The van der Waals surface area contributed by atoms with Crippen molar-refractivity contribution in [3.63, 3.8) is 0 Å². The van der Waals surface area contributed by atoms with Gasteiger partial charge in [-0.3, -0.25) is 0 Å². The largest absolute Gasteiger partial charge is 0.330 e. The lowest BCUT2D eigenvalue weighted by Gasteiger charge is -2.31. The summed E-state index contributed by atoms with van der Waals surface area (Å²) in [6, 6.07) is 0. The minimum absolute atomic E-state index is 0.0605. The molecule has 10 heavy (non-hydrogen) atoms. The van der Waals surface area contributed by atoms with Gasteiger partial charge in [-0.15, -0.1) is 0 Å². The molecular formula is C8H16FN. The van der Waals surface area contributed by atoms with E-state index in [0.717, 1.165) is 12.8 Å². The van der Waals surface area contributed by atoms with Crippen LogP contribution in [0, 0.1) is 11.8 Å². The maximum Gasteiger partial charge on any atom is 0.107 e. The molecule has 1 fully saturated rings. The highest BCUT2D eigenvalue weighted by Crippen LogP contribution is 2.34. The molecule has 2 unspecified atom stereocenters. The minimum atomic E-state index is -0.640. The third-order valence-electron chi connectivity index (χ3n) is 2.52. The molecule has 2 heteroatoms. The van der Waals surface area contributed by atoms with Gasteiger partial charge in [-0.05, 0) is 31.2 Å². The van der Waals surface area contributed by atoms with E-state index in [1.807, 2.05) is 6.92 Å². The molecule has 0 aromatic carbocycles. The molecule has 0 heterocycles. The fourth-order valence-corrected chi connectivity index (χ4v) is 1.35. The quantitative estimate of drug-likeness (QED) is 0.643. The first-order chi connectivity index (χ1) is 4.75. The molecule has 0 amide bonds. The van der Waals surface area contributed by atoms with Crippen molar-refractivity contribution in [3.8, 4) is 0 Å². The second-order valence-corrected chi connectivity index (χ2v) is 3.35. The fraction of sp³-hybridized carbons (Fsp3) is 1.00. The van der Waals surface area contributed by atoms with Crippen molar-refractivity contribution in [1.29, 1.82) is 0 Å². The van der Waals surface area contributed by atoms with Gasteiger partial charge in [0, 0.05) is 0 Å². The van der Waals surface area contributed by atoms with Gasteiger partial charge in [0.15, 0.2) is 0 Å². The fourth-order valence-electron chi connectivity index (χ4n) is 1.35. The first-order valence-corrected chi connectivity index (χ1v) is 4.10. The van der Waals surface area contributed by atoms with Gasteiger partial charge >= 0.3 is 0 Å². The van der Waals surface area contributed by atoms with Crippen molar-refractivity contribution >= 4 is 0 Å². The molecular weight excluding hydrogens is 129 g/mol. The van der Waals surface area contributed by atoms with E-state index in [9.17, 15) is 4.39 Å². The third kappa shape index (κ3) is 1.48. The normalized spacial score (nSPS) is 25.5. The van der Waals surface area contributed by atoms with Crippen LogP contribution in [0.3, 0.4) is 0 Å². The maximum atomic E-state index is 13.2. The maximum absolute atomic E-state index is 13.2. The van der Waals surface area contributed by atoms with E-state index in [1.54, 1.807) is 0 Å². The summed E-state index contributed by atoms with van der Waals surface area (Å²) in [5.74, 6) is 0.392. The molecule has 1 nitrogen and oxygen atoms in total. The Bertz CT molecular complexity index is 96.7. The second-order valence-electron chi connectivity index (χ2n) is 3.35. The standard InChI is InChI=1S/C8H16FN/c1-6(5-10)8(9)7-3-2-4-7/h6-8H,2-5,10H2,1H3. The predicted octanol–water partition coefficient (Wildman–Crippen LogP) is 1.72. The lowest BCUT2D eigenvalue weighted by atomic mass is 9.78. The molecule has 0 spiro atoms. The highest BCUT2D eigenvalue weighted by Gasteiger charge is 2.30. The van der Waals surface area contributed by atoms with Gasteiger partial charge in [0.05, 0.1) is 0 Å². The molecule has 0 bridgehead atoms. The van der Waals surface area contributed by atoms with Gasteiger partial charge in [0.2, 0.25) is 0 Å². The van der Waals surface area contributed by atoms with E-state index in [1.165, 1.54) is 6.42 Å². The molecule has 1 rings (SSSR count). The summed E-state index contributed by atoms with van der Waals surface area (Å²) in [5.41, 5.74) is 5.35. The van der Waals surface area contributed by atoms with Crippen LogP contribution in [-0.4, -0.2) is 12.7 Å². The zero-order chi connectivity index (χ0) is 7.56. The Morgan fingerprint density at radius 2 is 2.20 bits per heavy atom. The first-order valence-electron chi connectivity index (χ1n) is 4.10. The summed E-state index contributed by atoms with van der Waals surface area (Å²) < 4.78 is 13.2. The number of hydrogen-bond acceptors (Lipinski definition) is 1. The Morgan fingerprint density at radius 3 is 2.50 bits per heavy atom. The summed E-state index contributed by atoms with van der Waals surface area (Å²) in [5, 5.41) is 0. The molecule has 0 aromatic heterocycles. The zero-order valence-corrected chi connectivity index (χ0v) is 6.52. The van der Waals surface area contributed by atoms with Crippen LogP contribution in [0.15, 0.2) is 0 Å². The average molecular weight is 145 g/mol. The summed E-state index contributed by atoms with van der Waals surface area (Å²) >= 11 is 0. The number of alkyl halides is 1. The van der Waals surface area contributed by atoms with Gasteiger partial charge in [-0.2, -0.15) is 0 Å². The monoisotopic (exact) mass is 145 g/mol. The number of rotatable bonds is 3. The van der Waals surface area contributed by atoms with Crippen molar-refractivity contribution in [3.05, 3.63) is 0 Å². The Balaban J connectivity index is 2.24. The van der Waals surface area contributed by atoms with E-state index >= 15 is 0 Å². The van der Waals surface area contributed by atoms with Crippen LogP contribution < -0.4 is 5.73 Å². The Morgan fingerprint density at radius 1 is 1.60 bits per heavy atom. The van der Waals surface area contributed by atoms with Crippen molar-refractivity contribution in [2.45, 2.75) is 32.4 Å². The van der Waals surface area contributed by atoms with Gasteiger partial charge in [0.1, 0.15) is 6.17 Å². The molecule has 1 saturated carbocycles. The molecule has 60 valence electrons. The van der Waals surface area contributed by atoms with Crippen LogP contribution in [0.2, 0.25) is 0 Å². The molecule has 0 aliphatic heterocycles. The van der Waals surface area contributed by atoms with Crippen LogP contribution in [0.5, 0.6) is 0 Å². The Labute approximate surface area is 61.8 Å². The van der Waals surface area contributed by atoms with Crippen LogP contribution in [0.25, 0.3) is 0 Å². The van der Waals surface area contributed by atoms with Gasteiger partial charge in [0.25, 0.3) is 0 Å². The lowest BCUT2D eigenvalue weighted by molar-refractivity contribution is 0.103. The third-order valence-corrected chi connectivity index (χ3v) is 2.52. The average Bonchev–Trinajstić information content (AvgIpc) is 1.82. The molecule has 1 aliphatic rings. The molecule has 2 atom stereocenters. The van der Waals surface area contributed by atoms with E-state index < -0.39 is 6.17 Å². The van der Waals surface area contributed by atoms with Gasteiger partial charge < -0.3 is 5.73 Å². The van der Waals surface area contributed by atoms with Crippen LogP contribution >= 0.6 is 0 Å². The van der Waals surface area contributed by atoms with E-state index in [2.05, 4.69) is 0 Å². The number of nitrogens with two attached hydrogens (primary N) is 1. The van der Waals surface area contributed by atoms with Gasteiger partial charge in [-0.25, -0.2) is 4.39 Å². The summed E-state index contributed by atoms with van der Waals surface area (Å²) in [7, 11) is 0. The highest BCUT2D eigenvalue weighted by molar-refractivity contribution is 4.80. The zero-order valence-electron chi connectivity index (χ0n) is 6.52. The van der Waals surface area contributed by atoms with E-state index in [0.29, 0.717) is 12.5 Å². The number of hydrogen-bond donors (Lipinski definition) is 1. The second kappa shape index (κ2) is 3.33. The van der Waals surface area contributed by atoms with Crippen molar-refractivity contribution < 1.29 is 4.39 Å². The first kappa shape index (κ1) is 7.99.